The number of carbonyl (C=O) groups is 1. The van der Waals surface area contributed by atoms with Gasteiger partial charge in [0, 0.05) is 55.7 Å². The molecule has 0 saturated carbocycles. The molecule has 0 spiro atoms. The lowest BCUT2D eigenvalue weighted by Crippen LogP contribution is -2.44. The Morgan fingerprint density at radius 3 is 2.43 bits per heavy atom. The molecule has 1 aliphatic heterocycles. The highest BCUT2D eigenvalue weighted by molar-refractivity contribution is 6.06. The monoisotopic (exact) mass is 562 g/mol. The number of aromatic amines is 1. The van der Waals surface area contributed by atoms with Gasteiger partial charge in [0.1, 0.15) is 5.82 Å². The van der Waals surface area contributed by atoms with Crippen LogP contribution in [0.5, 0.6) is 0 Å². The number of fused-ring (bicyclic) bond motifs is 1. The van der Waals surface area contributed by atoms with Crippen LogP contribution in [-0.4, -0.2) is 68.8 Å². The lowest BCUT2D eigenvalue weighted by molar-refractivity contribution is 0.0952. The van der Waals surface area contributed by atoms with Crippen molar-refractivity contribution in [3.05, 3.63) is 99.2 Å². The lowest BCUT2D eigenvalue weighted by Gasteiger charge is -2.33. The number of H-pyrrole nitrogens is 1. The molecule has 10 nitrogen and oxygen atoms in total. The molecule has 1 aliphatic rings. The van der Waals surface area contributed by atoms with Crippen molar-refractivity contribution in [2.24, 2.45) is 0 Å². The first-order valence-electron chi connectivity index (χ1n) is 14.1. The molecule has 214 valence electrons. The van der Waals surface area contributed by atoms with Gasteiger partial charge >= 0.3 is 0 Å². The van der Waals surface area contributed by atoms with Crippen LogP contribution in [0, 0.1) is 20.8 Å². The van der Waals surface area contributed by atoms with Gasteiger partial charge in [-0.1, -0.05) is 17.7 Å². The molecule has 2 N–H and O–H groups in total. The summed E-state index contributed by atoms with van der Waals surface area (Å²) in [7, 11) is 2.13. The van der Waals surface area contributed by atoms with Gasteiger partial charge in [-0.3, -0.25) is 9.59 Å². The second-order valence-electron chi connectivity index (χ2n) is 11.0. The first-order valence-corrected chi connectivity index (χ1v) is 14.1. The number of anilines is 1. The van der Waals surface area contributed by atoms with Crippen molar-refractivity contribution in [2.75, 3.05) is 38.1 Å². The Kier molecular flexibility index (Phi) is 7.30. The Bertz CT molecular complexity index is 1820. The quantitative estimate of drug-likeness (QED) is 0.324. The third-order valence-corrected chi connectivity index (χ3v) is 7.86. The standard InChI is InChI=1S/C32H34N8O2/c1-20-5-8-24(9-6-20)40-30-27(19-35-40)25(31(41)34-18-26-21(2)15-22(3)36-32(26)42)16-28(37-30)23-7-10-29(33-17-23)39-13-11-38(4)12-14-39/h5-10,15-17,19H,11-14,18H2,1-4H3,(H,34,41)(H,36,42). The van der Waals surface area contributed by atoms with E-state index in [-0.39, 0.29) is 18.0 Å². The summed E-state index contributed by atoms with van der Waals surface area (Å²) < 4.78 is 1.75. The van der Waals surface area contributed by atoms with Crippen LogP contribution in [0.4, 0.5) is 5.82 Å². The molecular weight excluding hydrogens is 528 g/mol. The van der Waals surface area contributed by atoms with Gasteiger partial charge in [-0.2, -0.15) is 5.10 Å². The number of aromatic nitrogens is 5. The van der Waals surface area contributed by atoms with E-state index in [0.717, 1.165) is 60.1 Å². The molecule has 1 aromatic carbocycles. The normalized spacial score (nSPS) is 14.0. The van der Waals surface area contributed by atoms with Crippen molar-refractivity contribution in [3.63, 3.8) is 0 Å². The first-order chi connectivity index (χ1) is 20.3. The zero-order chi connectivity index (χ0) is 29.4. The van der Waals surface area contributed by atoms with Crippen molar-refractivity contribution in [3.8, 4) is 16.9 Å². The number of nitrogens with zero attached hydrogens (tertiary/aromatic N) is 6. The van der Waals surface area contributed by atoms with E-state index >= 15 is 0 Å². The first kappa shape index (κ1) is 27.3. The van der Waals surface area contributed by atoms with E-state index in [1.54, 1.807) is 16.9 Å². The Labute approximate surface area is 244 Å². The molecule has 1 amide bonds. The highest BCUT2D eigenvalue weighted by Gasteiger charge is 2.20. The molecule has 10 heteroatoms. The van der Waals surface area contributed by atoms with Crippen LogP contribution in [0.3, 0.4) is 0 Å². The van der Waals surface area contributed by atoms with Crippen LogP contribution in [0.2, 0.25) is 0 Å². The minimum Gasteiger partial charge on any atom is -0.354 e. The van der Waals surface area contributed by atoms with Gasteiger partial charge in [0.25, 0.3) is 11.5 Å². The molecule has 1 saturated heterocycles. The summed E-state index contributed by atoms with van der Waals surface area (Å²) in [6.45, 7) is 9.69. The minimum atomic E-state index is -0.312. The summed E-state index contributed by atoms with van der Waals surface area (Å²) >= 11 is 0. The maximum absolute atomic E-state index is 13.7. The third kappa shape index (κ3) is 5.40. The van der Waals surface area contributed by atoms with Crippen molar-refractivity contribution in [1.29, 1.82) is 0 Å². The predicted octanol–water partition coefficient (Wildman–Crippen LogP) is 3.78. The molecule has 42 heavy (non-hydrogen) atoms. The second kappa shape index (κ2) is 11.2. The molecule has 5 heterocycles. The van der Waals surface area contributed by atoms with E-state index in [2.05, 4.69) is 32.2 Å². The molecule has 0 radical (unpaired) electrons. The summed E-state index contributed by atoms with van der Waals surface area (Å²) in [6, 6.07) is 15.7. The van der Waals surface area contributed by atoms with E-state index in [1.807, 2.05) is 69.4 Å². The van der Waals surface area contributed by atoms with Crippen LogP contribution in [0.15, 0.2) is 65.7 Å². The number of benzene rings is 1. The van der Waals surface area contributed by atoms with Gasteiger partial charge in [-0.05, 0) is 69.8 Å². The number of piperazine rings is 1. The maximum Gasteiger partial charge on any atom is 0.253 e. The molecular formula is C32H34N8O2. The lowest BCUT2D eigenvalue weighted by atomic mass is 10.1. The van der Waals surface area contributed by atoms with Gasteiger partial charge in [-0.15, -0.1) is 0 Å². The van der Waals surface area contributed by atoms with Crippen LogP contribution < -0.4 is 15.8 Å². The number of hydrogen-bond donors (Lipinski definition) is 2. The molecule has 6 rings (SSSR count). The number of hydrogen-bond acceptors (Lipinski definition) is 7. The Balaban J connectivity index is 1.38. The number of aryl methyl sites for hydroxylation is 3. The van der Waals surface area contributed by atoms with E-state index in [1.165, 1.54) is 0 Å². The Hall–Kier alpha value is -4.83. The van der Waals surface area contributed by atoms with E-state index in [9.17, 15) is 9.59 Å². The molecule has 0 bridgehead atoms. The maximum atomic E-state index is 13.7. The Morgan fingerprint density at radius 1 is 0.976 bits per heavy atom. The fourth-order valence-electron chi connectivity index (χ4n) is 5.34. The summed E-state index contributed by atoms with van der Waals surface area (Å²) in [5, 5.41) is 8.17. The number of pyridine rings is 3. The molecule has 0 unspecified atom stereocenters. The largest absolute Gasteiger partial charge is 0.354 e. The highest BCUT2D eigenvalue weighted by Crippen LogP contribution is 2.27. The summed E-state index contributed by atoms with van der Waals surface area (Å²) in [6.07, 6.45) is 3.48. The fourth-order valence-corrected chi connectivity index (χ4v) is 5.34. The van der Waals surface area contributed by atoms with Crippen LogP contribution in [0.25, 0.3) is 28.0 Å². The van der Waals surface area contributed by atoms with Gasteiger partial charge in [0.15, 0.2) is 5.65 Å². The average molecular weight is 563 g/mol. The number of likely N-dealkylation sites (N-methyl/N-ethyl adjacent to an activating group) is 1. The highest BCUT2D eigenvalue weighted by atomic mass is 16.1. The van der Waals surface area contributed by atoms with Gasteiger partial charge < -0.3 is 20.1 Å². The number of carbonyl (C=O) groups excluding carboxylic acids is 1. The molecule has 1 fully saturated rings. The van der Waals surface area contributed by atoms with Crippen molar-refractivity contribution >= 4 is 22.8 Å². The smallest absolute Gasteiger partial charge is 0.253 e. The third-order valence-electron chi connectivity index (χ3n) is 7.86. The fraction of sp³-hybridized carbons (Fsp3) is 0.281. The summed E-state index contributed by atoms with van der Waals surface area (Å²) in [5.41, 5.74) is 6.32. The van der Waals surface area contributed by atoms with Gasteiger partial charge in [-0.25, -0.2) is 14.6 Å². The zero-order valence-electron chi connectivity index (χ0n) is 24.3. The van der Waals surface area contributed by atoms with Crippen molar-refractivity contribution in [2.45, 2.75) is 27.3 Å². The molecule has 0 aliphatic carbocycles. The van der Waals surface area contributed by atoms with Crippen molar-refractivity contribution in [1.82, 2.24) is 34.9 Å². The van der Waals surface area contributed by atoms with E-state index in [4.69, 9.17) is 9.97 Å². The average Bonchev–Trinajstić information content (AvgIpc) is 3.41. The SMILES string of the molecule is Cc1ccc(-n2ncc3c(C(=O)NCc4c(C)cc(C)[nH]c4=O)cc(-c4ccc(N5CCN(C)CC5)nc4)nc32)cc1. The van der Waals surface area contributed by atoms with Crippen LogP contribution >= 0.6 is 0 Å². The molecule has 0 atom stereocenters. The predicted molar refractivity (Wildman–Crippen MR) is 164 cm³/mol. The minimum absolute atomic E-state index is 0.104. The molecule has 4 aromatic heterocycles. The van der Waals surface area contributed by atoms with Gasteiger partial charge in [0.2, 0.25) is 0 Å². The van der Waals surface area contributed by atoms with Gasteiger partial charge in [0.05, 0.1) is 28.5 Å². The van der Waals surface area contributed by atoms with E-state index in [0.29, 0.717) is 27.9 Å². The number of rotatable bonds is 6. The number of amides is 1. The Morgan fingerprint density at radius 2 is 1.74 bits per heavy atom. The molecule has 5 aromatic rings. The summed E-state index contributed by atoms with van der Waals surface area (Å²) in [5.74, 6) is 0.614. The van der Waals surface area contributed by atoms with Crippen molar-refractivity contribution < 1.29 is 4.79 Å². The second-order valence-corrected chi connectivity index (χ2v) is 11.0. The van der Waals surface area contributed by atoms with Crippen LogP contribution in [0.1, 0.15) is 32.7 Å². The zero-order valence-corrected chi connectivity index (χ0v) is 24.3. The van der Waals surface area contributed by atoms with E-state index < -0.39 is 0 Å². The topological polar surface area (TPSA) is 112 Å². The number of nitrogens with one attached hydrogen (secondary N) is 2. The van der Waals surface area contributed by atoms with Crippen LogP contribution in [-0.2, 0) is 6.54 Å². The summed E-state index contributed by atoms with van der Waals surface area (Å²) in [4.78, 5) is 43.3.